The molecule has 0 saturated carbocycles. The number of aryl methyl sites for hydroxylation is 1. The molecule has 1 aliphatic heterocycles. The Kier molecular flexibility index (Phi) is 6.26. The van der Waals surface area contributed by atoms with Gasteiger partial charge in [0.05, 0.1) is 0 Å². The third-order valence-electron chi connectivity index (χ3n) is 5.03. The van der Waals surface area contributed by atoms with Crippen LogP contribution in [-0.2, 0) is 17.8 Å². The number of nitrogens with one attached hydrogen (secondary N) is 1. The predicted molar refractivity (Wildman–Crippen MR) is 120 cm³/mol. The van der Waals surface area contributed by atoms with Crippen LogP contribution in [-0.4, -0.2) is 33.9 Å². The van der Waals surface area contributed by atoms with Crippen molar-refractivity contribution in [3.63, 3.8) is 0 Å². The number of nitrogens with zero attached hydrogens (tertiary/aromatic N) is 4. The van der Waals surface area contributed by atoms with E-state index in [2.05, 4.69) is 32.4 Å². The lowest BCUT2D eigenvalue weighted by atomic mass is 10.1. The molecule has 3 N–H and O–H groups in total. The van der Waals surface area contributed by atoms with E-state index >= 15 is 0 Å². The van der Waals surface area contributed by atoms with E-state index in [9.17, 15) is 4.79 Å². The van der Waals surface area contributed by atoms with Gasteiger partial charge in [-0.15, -0.1) is 0 Å². The quantitative estimate of drug-likeness (QED) is 0.579. The number of anilines is 3. The molecular formula is C23H26N6O2. The van der Waals surface area contributed by atoms with Gasteiger partial charge in [0.1, 0.15) is 12.4 Å². The zero-order valence-electron chi connectivity index (χ0n) is 17.5. The molecule has 2 aromatic carbocycles. The van der Waals surface area contributed by atoms with Crippen molar-refractivity contribution in [2.75, 3.05) is 29.0 Å². The van der Waals surface area contributed by atoms with Gasteiger partial charge in [-0.25, -0.2) is 0 Å². The smallest absolute Gasteiger partial charge is 0.227 e. The molecule has 8 heteroatoms. The van der Waals surface area contributed by atoms with Crippen LogP contribution in [0.25, 0.3) is 0 Å². The van der Waals surface area contributed by atoms with Gasteiger partial charge in [0, 0.05) is 31.3 Å². The van der Waals surface area contributed by atoms with Gasteiger partial charge in [-0.3, -0.25) is 4.79 Å². The van der Waals surface area contributed by atoms with Gasteiger partial charge in [0.2, 0.25) is 17.8 Å². The van der Waals surface area contributed by atoms with Gasteiger partial charge < -0.3 is 20.7 Å². The predicted octanol–water partition coefficient (Wildman–Crippen LogP) is 3.12. The van der Waals surface area contributed by atoms with E-state index in [0.29, 0.717) is 30.5 Å². The number of hydrogen-bond donors (Lipinski definition) is 2. The third-order valence-corrected chi connectivity index (χ3v) is 5.03. The maximum absolute atomic E-state index is 12.1. The molecule has 160 valence electrons. The number of carbonyl (C=O) groups excluding carboxylic acids is 1. The van der Waals surface area contributed by atoms with Gasteiger partial charge in [-0.1, -0.05) is 30.3 Å². The van der Waals surface area contributed by atoms with E-state index in [1.54, 1.807) is 4.90 Å². The lowest BCUT2D eigenvalue weighted by Gasteiger charge is -2.18. The summed E-state index contributed by atoms with van der Waals surface area (Å²) >= 11 is 0. The Bertz CT molecular complexity index is 1060. The minimum Gasteiger partial charge on any atom is -0.486 e. The highest BCUT2D eigenvalue weighted by molar-refractivity contribution is 5.95. The zero-order valence-corrected chi connectivity index (χ0v) is 17.5. The molecule has 3 aromatic rings. The molecule has 1 amide bonds. The van der Waals surface area contributed by atoms with Crippen LogP contribution in [0.15, 0.2) is 48.5 Å². The summed E-state index contributed by atoms with van der Waals surface area (Å²) in [6, 6.07) is 16.0. The minimum absolute atomic E-state index is 0.142. The lowest BCUT2D eigenvalue weighted by molar-refractivity contribution is -0.117. The van der Waals surface area contributed by atoms with Crippen molar-refractivity contribution in [3.8, 4) is 5.75 Å². The molecule has 0 radical (unpaired) electrons. The topological polar surface area (TPSA) is 106 Å². The van der Waals surface area contributed by atoms with Crippen LogP contribution in [0.2, 0.25) is 0 Å². The van der Waals surface area contributed by atoms with Crippen molar-refractivity contribution >= 4 is 23.5 Å². The first-order chi connectivity index (χ1) is 15.1. The zero-order chi connectivity index (χ0) is 21.6. The van der Waals surface area contributed by atoms with Crippen LogP contribution in [0.5, 0.6) is 5.75 Å². The summed E-state index contributed by atoms with van der Waals surface area (Å²) < 4.78 is 5.92. The van der Waals surface area contributed by atoms with Crippen molar-refractivity contribution in [2.45, 2.75) is 32.8 Å². The number of nitrogens with two attached hydrogens (primary N) is 1. The molecule has 31 heavy (non-hydrogen) atoms. The number of nitrogen functional groups attached to an aromatic ring is 1. The van der Waals surface area contributed by atoms with Crippen LogP contribution >= 0.6 is 0 Å². The molecular weight excluding hydrogens is 392 g/mol. The maximum Gasteiger partial charge on any atom is 0.227 e. The fraction of sp³-hybridized carbons (Fsp3) is 0.304. The molecule has 1 fully saturated rings. The Morgan fingerprint density at radius 3 is 2.74 bits per heavy atom. The van der Waals surface area contributed by atoms with Crippen molar-refractivity contribution < 1.29 is 9.53 Å². The molecule has 1 aromatic heterocycles. The van der Waals surface area contributed by atoms with Crippen molar-refractivity contribution in [1.29, 1.82) is 0 Å². The average molecular weight is 419 g/mol. The molecule has 1 aliphatic rings. The summed E-state index contributed by atoms with van der Waals surface area (Å²) in [6.45, 7) is 3.55. The summed E-state index contributed by atoms with van der Waals surface area (Å²) in [4.78, 5) is 26.6. The lowest BCUT2D eigenvalue weighted by Crippen LogP contribution is -2.23. The van der Waals surface area contributed by atoms with Gasteiger partial charge in [-0.2, -0.15) is 15.0 Å². The van der Waals surface area contributed by atoms with E-state index in [-0.39, 0.29) is 18.5 Å². The normalized spacial score (nSPS) is 13.5. The SMILES string of the molecule is Cc1cc(OCc2nc(N)nc(NCCc3ccccc3)n2)cc(N2CCCC2=O)c1. The van der Waals surface area contributed by atoms with Crippen LogP contribution in [0.4, 0.5) is 17.6 Å². The van der Waals surface area contributed by atoms with E-state index < -0.39 is 0 Å². The van der Waals surface area contributed by atoms with Crippen LogP contribution in [0, 0.1) is 6.92 Å². The number of carbonyl (C=O) groups is 1. The molecule has 1 saturated heterocycles. The number of benzene rings is 2. The first kappa shape index (κ1) is 20.6. The van der Waals surface area contributed by atoms with Crippen molar-refractivity contribution in [2.24, 2.45) is 0 Å². The van der Waals surface area contributed by atoms with Gasteiger partial charge >= 0.3 is 0 Å². The Hall–Kier alpha value is -3.68. The van der Waals surface area contributed by atoms with Gasteiger partial charge in [-0.05, 0) is 43.0 Å². The number of ether oxygens (including phenoxy) is 1. The molecule has 2 heterocycles. The fourth-order valence-corrected chi connectivity index (χ4v) is 3.58. The van der Waals surface area contributed by atoms with E-state index in [1.165, 1.54) is 5.56 Å². The Labute approximate surface area is 181 Å². The molecule has 0 atom stereocenters. The number of hydrogen-bond acceptors (Lipinski definition) is 7. The van der Waals surface area contributed by atoms with Crippen molar-refractivity contribution in [1.82, 2.24) is 15.0 Å². The molecule has 4 rings (SSSR count). The maximum atomic E-state index is 12.1. The Morgan fingerprint density at radius 2 is 1.97 bits per heavy atom. The largest absolute Gasteiger partial charge is 0.486 e. The minimum atomic E-state index is 0.142. The van der Waals surface area contributed by atoms with E-state index in [1.807, 2.05) is 43.3 Å². The third kappa shape index (κ3) is 5.48. The molecule has 8 nitrogen and oxygen atoms in total. The van der Waals surface area contributed by atoms with Gasteiger partial charge in [0.15, 0.2) is 5.82 Å². The summed E-state index contributed by atoms with van der Waals surface area (Å²) in [5.74, 6) is 1.81. The molecule has 0 spiro atoms. The van der Waals surface area contributed by atoms with Gasteiger partial charge in [0.25, 0.3) is 0 Å². The number of rotatable bonds is 8. The Morgan fingerprint density at radius 1 is 1.13 bits per heavy atom. The molecule has 0 aliphatic carbocycles. The monoisotopic (exact) mass is 418 g/mol. The molecule has 0 bridgehead atoms. The van der Waals surface area contributed by atoms with Crippen LogP contribution < -0.4 is 20.7 Å². The summed E-state index contributed by atoms with van der Waals surface area (Å²) in [6.07, 6.45) is 2.32. The standard InChI is InChI=1S/C23H26N6O2/c1-16-12-18(29-11-5-8-21(29)30)14-19(13-16)31-15-20-26-22(24)28-23(27-20)25-10-9-17-6-3-2-4-7-17/h2-4,6-7,12-14H,5,8-11,15H2,1H3,(H3,24,25,26,27,28). The van der Waals surface area contributed by atoms with E-state index in [0.717, 1.165) is 30.6 Å². The van der Waals surface area contributed by atoms with Crippen molar-refractivity contribution in [3.05, 3.63) is 65.5 Å². The first-order valence-electron chi connectivity index (χ1n) is 10.4. The first-order valence-corrected chi connectivity index (χ1v) is 10.4. The number of amides is 1. The van der Waals surface area contributed by atoms with Crippen LogP contribution in [0.3, 0.4) is 0 Å². The second-order valence-electron chi connectivity index (χ2n) is 7.54. The average Bonchev–Trinajstić information content (AvgIpc) is 3.18. The van der Waals surface area contributed by atoms with Crippen LogP contribution in [0.1, 0.15) is 29.8 Å². The summed E-state index contributed by atoms with van der Waals surface area (Å²) in [5.41, 5.74) is 8.96. The highest BCUT2D eigenvalue weighted by Gasteiger charge is 2.22. The second kappa shape index (κ2) is 9.42. The highest BCUT2D eigenvalue weighted by Crippen LogP contribution is 2.27. The summed E-state index contributed by atoms with van der Waals surface area (Å²) in [5, 5.41) is 3.19. The van der Waals surface area contributed by atoms with E-state index in [4.69, 9.17) is 10.5 Å². The Balaban J connectivity index is 1.39. The second-order valence-corrected chi connectivity index (χ2v) is 7.54. The fourth-order valence-electron chi connectivity index (χ4n) is 3.58. The molecule has 0 unspecified atom stereocenters. The number of aromatic nitrogens is 3. The summed E-state index contributed by atoms with van der Waals surface area (Å²) in [7, 11) is 0. The highest BCUT2D eigenvalue weighted by atomic mass is 16.5.